The average Bonchev–Trinajstić information content (AvgIpc) is 2.90. The first-order valence-electron chi connectivity index (χ1n) is 6.58. The van der Waals surface area contributed by atoms with Crippen LogP contribution >= 0.6 is 22.6 Å². The van der Waals surface area contributed by atoms with Crippen LogP contribution in [0.1, 0.15) is 16.1 Å². The molecule has 0 radical (unpaired) electrons. The molecule has 4 nitrogen and oxygen atoms in total. The van der Waals surface area contributed by atoms with Gasteiger partial charge in [0.15, 0.2) is 0 Å². The van der Waals surface area contributed by atoms with Crippen LogP contribution in [0.3, 0.4) is 0 Å². The molecule has 3 N–H and O–H groups in total. The highest BCUT2D eigenvalue weighted by Crippen LogP contribution is 2.10. The SMILES string of the molecule is NCCN(CCc1ccccc1)C(=O)c1cc(I)c[nH]1. The van der Waals surface area contributed by atoms with Gasteiger partial charge in [-0.05, 0) is 40.6 Å². The first-order chi connectivity index (χ1) is 9.70. The number of aromatic amines is 1. The molecule has 106 valence electrons. The number of H-pyrrole nitrogens is 1. The molecule has 0 atom stereocenters. The summed E-state index contributed by atoms with van der Waals surface area (Å²) in [5, 5.41) is 0. The summed E-state index contributed by atoms with van der Waals surface area (Å²) in [6.45, 7) is 1.72. The van der Waals surface area contributed by atoms with Crippen molar-refractivity contribution >= 4 is 28.5 Å². The summed E-state index contributed by atoms with van der Waals surface area (Å²) in [4.78, 5) is 17.2. The first-order valence-corrected chi connectivity index (χ1v) is 7.66. The molecular formula is C15H18IN3O. The van der Waals surface area contributed by atoms with E-state index in [4.69, 9.17) is 5.73 Å². The van der Waals surface area contributed by atoms with Gasteiger partial charge in [0.05, 0.1) is 0 Å². The largest absolute Gasteiger partial charge is 0.356 e. The molecule has 20 heavy (non-hydrogen) atoms. The average molecular weight is 383 g/mol. The number of carbonyl (C=O) groups is 1. The Balaban J connectivity index is 2.01. The fourth-order valence-electron chi connectivity index (χ4n) is 2.04. The number of aromatic nitrogens is 1. The minimum Gasteiger partial charge on any atom is -0.356 e. The third-order valence-corrected chi connectivity index (χ3v) is 3.70. The van der Waals surface area contributed by atoms with E-state index in [0.29, 0.717) is 25.3 Å². The van der Waals surface area contributed by atoms with E-state index in [9.17, 15) is 4.79 Å². The van der Waals surface area contributed by atoms with E-state index >= 15 is 0 Å². The maximum Gasteiger partial charge on any atom is 0.270 e. The molecule has 5 heteroatoms. The van der Waals surface area contributed by atoms with E-state index in [1.54, 1.807) is 4.90 Å². The van der Waals surface area contributed by atoms with Crippen molar-refractivity contribution in [1.29, 1.82) is 0 Å². The van der Waals surface area contributed by atoms with Gasteiger partial charge in [0.2, 0.25) is 0 Å². The predicted octanol–water partition coefficient (Wildman–Crippen LogP) is 2.26. The Morgan fingerprint density at radius 1 is 1.25 bits per heavy atom. The minimum atomic E-state index is 0.00861. The molecule has 0 fully saturated rings. The molecule has 2 rings (SSSR count). The number of halogens is 1. The van der Waals surface area contributed by atoms with Crippen molar-refractivity contribution in [1.82, 2.24) is 9.88 Å². The molecule has 2 aromatic rings. The summed E-state index contributed by atoms with van der Waals surface area (Å²) in [6.07, 6.45) is 2.66. The summed E-state index contributed by atoms with van der Waals surface area (Å²) in [7, 11) is 0. The summed E-state index contributed by atoms with van der Waals surface area (Å²) in [5.74, 6) is 0.00861. The Labute approximate surface area is 132 Å². The van der Waals surface area contributed by atoms with Crippen LogP contribution < -0.4 is 5.73 Å². The number of rotatable bonds is 6. The van der Waals surface area contributed by atoms with Gasteiger partial charge < -0.3 is 15.6 Å². The Morgan fingerprint density at radius 3 is 2.60 bits per heavy atom. The zero-order valence-corrected chi connectivity index (χ0v) is 13.3. The molecule has 0 unspecified atom stereocenters. The second-order valence-corrected chi connectivity index (χ2v) is 5.79. The standard InChI is InChI=1S/C15H18IN3O/c16-13-10-14(18-11-13)15(20)19(9-7-17)8-6-12-4-2-1-3-5-12/h1-5,10-11,18H,6-9,17H2. The second-order valence-electron chi connectivity index (χ2n) is 4.55. The normalized spacial score (nSPS) is 10.5. The number of hydrogen-bond acceptors (Lipinski definition) is 2. The lowest BCUT2D eigenvalue weighted by Gasteiger charge is -2.21. The van der Waals surface area contributed by atoms with Gasteiger partial charge >= 0.3 is 0 Å². The van der Waals surface area contributed by atoms with Gasteiger partial charge in [-0.25, -0.2) is 0 Å². The van der Waals surface area contributed by atoms with Crippen molar-refractivity contribution in [2.24, 2.45) is 5.73 Å². The van der Waals surface area contributed by atoms with Crippen LogP contribution in [0.4, 0.5) is 0 Å². The van der Waals surface area contributed by atoms with E-state index in [1.165, 1.54) is 5.56 Å². The van der Waals surface area contributed by atoms with E-state index in [2.05, 4.69) is 39.7 Å². The molecule has 0 spiro atoms. The van der Waals surface area contributed by atoms with Gasteiger partial charge in [-0.1, -0.05) is 30.3 Å². The predicted molar refractivity (Wildman–Crippen MR) is 88.6 cm³/mol. The Morgan fingerprint density at radius 2 is 2.00 bits per heavy atom. The van der Waals surface area contributed by atoms with Crippen molar-refractivity contribution in [2.75, 3.05) is 19.6 Å². The molecule has 0 aliphatic heterocycles. The van der Waals surface area contributed by atoms with Crippen LogP contribution in [0.5, 0.6) is 0 Å². The van der Waals surface area contributed by atoms with Gasteiger partial charge in [-0.2, -0.15) is 0 Å². The van der Waals surface area contributed by atoms with Crippen LogP contribution in [0.2, 0.25) is 0 Å². The molecule has 1 aromatic carbocycles. The van der Waals surface area contributed by atoms with E-state index in [-0.39, 0.29) is 5.91 Å². The summed E-state index contributed by atoms with van der Waals surface area (Å²) in [6, 6.07) is 12.0. The van der Waals surface area contributed by atoms with Crippen molar-refractivity contribution in [2.45, 2.75) is 6.42 Å². The number of hydrogen-bond donors (Lipinski definition) is 2. The number of amides is 1. The maximum absolute atomic E-state index is 12.4. The minimum absolute atomic E-state index is 0.00861. The van der Waals surface area contributed by atoms with E-state index in [1.807, 2.05) is 30.5 Å². The highest BCUT2D eigenvalue weighted by Gasteiger charge is 2.16. The van der Waals surface area contributed by atoms with Gasteiger partial charge in [-0.15, -0.1) is 0 Å². The summed E-state index contributed by atoms with van der Waals surface area (Å²) >= 11 is 2.18. The van der Waals surface area contributed by atoms with E-state index < -0.39 is 0 Å². The zero-order chi connectivity index (χ0) is 14.4. The lowest BCUT2D eigenvalue weighted by atomic mass is 10.1. The molecule has 0 saturated carbocycles. The lowest BCUT2D eigenvalue weighted by molar-refractivity contribution is 0.0757. The molecule has 0 aliphatic rings. The Bertz CT molecular complexity index is 553. The number of nitrogens with two attached hydrogens (primary N) is 1. The molecule has 1 aromatic heterocycles. The Kier molecular flexibility index (Phi) is 5.60. The van der Waals surface area contributed by atoms with Crippen molar-refractivity contribution in [3.05, 3.63) is 57.4 Å². The van der Waals surface area contributed by atoms with Crippen LogP contribution in [0.25, 0.3) is 0 Å². The zero-order valence-electron chi connectivity index (χ0n) is 11.2. The molecule has 0 bridgehead atoms. The summed E-state index contributed by atoms with van der Waals surface area (Å²) in [5.41, 5.74) is 7.46. The topological polar surface area (TPSA) is 62.1 Å². The highest BCUT2D eigenvalue weighted by atomic mass is 127. The second kappa shape index (κ2) is 7.44. The van der Waals surface area contributed by atoms with Crippen molar-refractivity contribution in [3.63, 3.8) is 0 Å². The van der Waals surface area contributed by atoms with Crippen molar-refractivity contribution in [3.8, 4) is 0 Å². The molecular weight excluding hydrogens is 365 g/mol. The fourth-order valence-corrected chi connectivity index (χ4v) is 2.51. The molecule has 0 saturated heterocycles. The summed E-state index contributed by atoms with van der Waals surface area (Å²) < 4.78 is 1.03. The molecule has 1 amide bonds. The number of carbonyl (C=O) groups excluding carboxylic acids is 1. The van der Waals surface area contributed by atoms with Crippen LogP contribution in [-0.2, 0) is 6.42 Å². The number of benzene rings is 1. The highest BCUT2D eigenvalue weighted by molar-refractivity contribution is 14.1. The van der Waals surface area contributed by atoms with Gasteiger partial charge in [-0.3, -0.25) is 4.79 Å². The third kappa shape index (κ3) is 4.08. The van der Waals surface area contributed by atoms with Gasteiger partial charge in [0.1, 0.15) is 5.69 Å². The number of nitrogens with zero attached hydrogens (tertiary/aromatic N) is 1. The molecule has 1 heterocycles. The van der Waals surface area contributed by atoms with Crippen LogP contribution in [0.15, 0.2) is 42.6 Å². The van der Waals surface area contributed by atoms with Crippen LogP contribution in [-0.4, -0.2) is 35.4 Å². The third-order valence-electron chi connectivity index (χ3n) is 3.08. The fraction of sp³-hybridized carbons (Fsp3) is 0.267. The van der Waals surface area contributed by atoms with E-state index in [0.717, 1.165) is 9.99 Å². The van der Waals surface area contributed by atoms with Gasteiger partial charge in [0.25, 0.3) is 5.91 Å². The maximum atomic E-state index is 12.4. The van der Waals surface area contributed by atoms with Crippen LogP contribution in [0, 0.1) is 3.57 Å². The monoisotopic (exact) mass is 383 g/mol. The lowest BCUT2D eigenvalue weighted by Crippen LogP contribution is -2.37. The first kappa shape index (κ1) is 15.1. The Hall–Kier alpha value is -1.34. The van der Waals surface area contributed by atoms with Gasteiger partial charge in [0, 0.05) is 29.4 Å². The smallest absolute Gasteiger partial charge is 0.270 e. The number of nitrogens with one attached hydrogen (secondary N) is 1. The molecule has 0 aliphatic carbocycles. The quantitative estimate of drug-likeness (QED) is 0.752. The van der Waals surface area contributed by atoms with Crippen molar-refractivity contribution < 1.29 is 4.79 Å².